The van der Waals surface area contributed by atoms with Gasteiger partial charge < -0.3 is 10.6 Å². The monoisotopic (exact) mass is 308 g/mol. The van der Waals surface area contributed by atoms with Crippen molar-refractivity contribution in [2.24, 2.45) is 0 Å². The lowest BCUT2D eigenvalue weighted by Crippen LogP contribution is -2.31. The maximum absolute atomic E-state index is 12.5. The third-order valence-electron chi connectivity index (χ3n) is 3.03. The molecular weight excluding hydrogens is 293 g/mol. The van der Waals surface area contributed by atoms with E-state index in [1.807, 2.05) is 30.3 Å². The standard InChI is InChI=1S/C16H15F3N2O/c1-11(20-13-5-3-2-4-6-13)15(22)21-14-9-7-12(8-10-14)16(17,18)19/h2-11,20H,1H3,(H,21,22)/t11-/m0/s1. The number of benzene rings is 2. The van der Waals surface area contributed by atoms with Crippen molar-refractivity contribution in [2.45, 2.75) is 19.1 Å². The summed E-state index contributed by atoms with van der Waals surface area (Å²) in [5.41, 5.74) is 0.359. The summed E-state index contributed by atoms with van der Waals surface area (Å²) >= 11 is 0. The fraction of sp³-hybridized carbons (Fsp3) is 0.188. The Morgan fingerprint density at radius 3 is 2.09 bits per heavy atom. The summed E-state index contributed by atoms with van der Waals surface area (Å²) in [6.07, 6.45) is -4.38. The Kier molecular flexibility index (Phi) is 4.70. The van der Waals surface area contributed by atoms with E-state index in [-0.39, 0.29) is 5.91 Å². The number of halogens is 3. The average molecular weight is 308 g/mol. The van der Waals surface area contributed by atoms with Crippen molar-refractivity contribution in [3.05, 3.63) is 60.2 Å². The minimum atomic E-state index is -4.38. The maximum atomic E-state index is 12.5. The van der Waals surface area contributed by atoms with Crippen molar-refractivity contribution < 1.29 is 18.0 Å². The van der Waals surface area contributed by atoms with Crippen LogP contribution in [0.5, 0.6) is 0 Å². The number of hydrogen-bond acceptors (Lipinski definition) is 2. The number of nitrogens with one attached hydrogen (secondary N) is 2. The van der Waals surface area contributed by atoms with Gasteiger partial charge in [0.2, 0.25) is 5.91 Å². The van der Waals surface area contributed by atoms with Gasteiger partial charge in [0, 0.05) is 11.4 Å². The summed E-state index contributed by atoms with van der Waals surface area (Å²) in [6.45, 7) is 1.67. The van der Waals surface area contributed by atoms with Gasteiger partial charge in [0.15, 0.2) is 0 Å². The summed E-state index contributed by atoms with van der Waals surface area (Å²) in [5.74, 6) is -0.330. The lowest BCUT2D eigenvalue weighted by Gasteiger charge is -2.15. The van der Waals surface area contributed by atoms with Crippen LogP contribution in [-0.2, 0) is 11.0 Å². The second-order valence-corrected chi connectivity index (χ2v) is 4.80. The van der Waals surface area contributed by atoms with Gasteiger partial charge in [0.05, 0.1) is 5.56 Å². The quantitative estimate of drug-likeness (QED) is 0.891. The number of hydrogen-bond donors (Lipinski definition) is 2. The smallest absolute Gasteiger partial charge is 0.374 e. The first-order valence-electron chi connectivity index (χ1n) is 6.66. The largest absolute Gasteiger partial charge is 0.416 e. The Morgan fingerprint density at radius 1 is 0.955 bits per heavy atom. The van der Waals surface area contributed by atoms with Gasteiger partial charge >= 0.3 is 6.18 Å². The number of rotatable bonds is 4. The summed E-state index contributed by atoms with van der Waals surface area (Å²) < 4.78 is 37.4. The number of para-hydroxylation sites is 1. The molecule has 0 saturated carbocycles. The van der Waals surface area contributed by atoms with E-state index in [4.69, 9.17) is 0 Å². The van der Waals surface area contributed by atoms with Gasteiger partial charge in [-0.15, -0.1) is 0 Å². The SMILES string of the molecule is C[C@H](Nc1ccccc1)C(=O)Nc1ccc(C(F)(F)F)cc1. The Labute approximate surface area is 126 Å². The lowest BCUT2D eigenvalue weighted by atomic mass is 10.2. The van der Waals surface area contributed by atoms with Gasteiger partial charge in [-0.3, -0.25) is 4.79 Å². The van der Waals surface area contributed by atoms with Gasteiger partial charge in [0.1, 0.15) is 6.04 Å². The fourth-order valence-corrected chi connectivity index (χ4v) is 1.84. The molecule has 3 nitrogen and oxygen atoms in total. The predicted molar refractivity (Wildman–Crippen MR) is 79.6 cm³/mol. The zero-order chi connectivity index (χ0) is 16.2. The summed E-state index contributed by atoms with van der Waals surface area (Å²) in [4.78, 5) is 12.0. The van der Waals surface area contributed by atoms with Crippen LogP contribution < -0.4 is 10.6 Å². The minimum Gasteiger partial charge on any atom is -0.374 e. The second kappa shape index (κ2) is 6.51. The molecule has 0 aliphatic rings. The lowest BCUT2D eigenvalue weighted by molar-refractivity contribution is -0.137. The molecule has 0 aromatic heterocycles. The summed E-state index contributed by atoms with van der Waals surface area (Å²) in [6, 6.07) is 13.0. The molecule has 1 atom stereocenters. The first-order chi connectivity index (χ1) is 10.4. The first kappa shape index (κ1) is 15.9. The molecule has 0 aliphatic carbocycles. The molecule has 2 rings (SSSR count). The van der Waals surface area contributed by atoms with Crippen LogP contribution in [-0.4, -0.2) is 11.9 Å². The van der Waals surface area contributed by atoms with Crippen LogP contribution in [0.15, 0.2) is 54.6 Å². The highest BCUT2D eigenvalue weighted by Gasteiger charge is 2.30. The van der Waals surface area contributed by atoms with E-state index in [9.17, 15) is 18.0 Å². The van der Waals surface area contributed by atoms with E-state index >= 15 is 0 Å². The number of carbonyl (C=O) groups is 1. The van der Waals surface area contributed by atoms with Crippen molar-refractivity contribution in [1.82, 2.24) is 0 Å². The van der Waals surface area contributed by atoms with Crippen LogP contribution >= 0.6 is 0 Å². The van der Waals surface area contributed by atoms with E-state index in [2.05, 4.69) is 10.6 Å². The topological polar surface area (TPSA) is 41.1 Å². The van der Waals surface area contributed by atoms with Crippen LogP contribution in [0.25, 0.3) is 0 Å². The molecule has 0 unspecified atom stereocenters. The molecule has 0 spiro atoms. The number of carbonyl (C=O) groups excluding carboxylic acids is 1. The van der Waals surface area contributed by atoms with Crippen molar-refractivity contribution in [3.63, 3.8) is 0 Å². The van der Waals surface area contributed by atoms with Gasteiger partial charge in [-0.05, 0) is 43.3 Å². The highest BCUT2D eigenvalue weighted by Crippen LogP contribution is 2.29. The molecule has 116 valence electrons. The van der Waals surface area contributed by atoms with Crippen LogP contribution in [0.4, 0.5) is 24.5 Å². The third-order valence-corrected chi connectivity index (χ3v) is 3.03. The summed E-state index contributed by atoms with van der Waals surface area (Å²) in [5, 5.41) is 5.58. The molecule has 0 aliphatic heterocycles. The Balaban J connectivity index is 1.96. The highest BCUT2D eigenvalue weighted by atomic mass is 19.4. The van der Waals surface area contributed by atoms with Crippen LogP contribution in [0.2, 0.25) is 0 Å². The number of alkyl halides is 3. The molecule has 6 heteroatoms. The third kappa shape index (κ3) is 4.25. The molecule has 0 saturated heterocycles. The van der Waals surface area contributed by atoms with E-state index < -0.39 is 17.8 Å². The molecule has 0 fully saturated rings. The van der Waals surface area contributed by atoms with Crippen LogP contribution in [0.3, 0.4) is 0 Å². The van der Waals surface area contributed by atoms with Gasteiger partial charge in [-0.25, -0.2) is 0 Å². The molecule has 0 heterocycles. The van der Waals surface area contributed by atoms with E-state index in [1.54, 1.807) is 6.92 Å². The van der Waals surface area contributed by atoms with Gasteiger partial charge in [-0.1, -0.05) is 18.2 Å². The molecule has 22 heavy (non-hydrogen) atoms. The van der Waals surface area contributed by atoms with E-state index in [0.29, 0.717) is 5.69 Å². The number of anilines is 2. The second-order valence-electron chi connectivity index (χ2n) is 4.80. The molecular formula is C16H15F3N2O. The van der Waals surface area contributed by atoms with E-state index in [1.165, 1.54) is 12.1 Å². The van der Waals surface area contributed by atoms with Crippen molar-refractivity contribution >= 4 is 17.3 Å². The van der Waals surface area contributed by atoms with Crippen molar-refractivity contribution in [1.29, 1.82) is 0 Å². The van der Waals surface area contributed by atoms with Crippen LogP contribution in [0, 0.1) is 0 Å². The summed E-state index contributed by atoms with van der Waals surface area (Å²) in [7, 11) is 0. The average Bonchev–Trinajstić information content (AvgIpc) is 2.48. The van der Waals surface area contributed by atoms with Crippen molar-refractivity contribution in [2.75, 3.05) is 10.6 Å². The predicted octanol–water partition coefficient (Wildman–Crippen LogP) is 4.14. The molecule has 2 N–H and O–H groups in total. The zero-order valence-electron chi connectivity index (χ0n) is 11.8. The zero-order valence-corrected chi connectivity index (χ0v) is 11.8. The number of amides is 1. The Hall–Kier alpha value is -2.50. The minimum absolute atomic E-state index is 0.319. The first-order valence-corrected chi connectivity index (χ1v) is 6.66. The molecule has 0 bridgehead atoms. The molecule has 2 aromatic carbocycles. The Bertz CT molecular complexity index is 624. The molecule has 2 aromatic rings. The fourth-order valence-electron chi connectivity index (χ4n) is 1.84. The molecule has 0 radical (unpaired) electrons. The Morgan fingerprint density at radius 2 is 1.55 bits per heavy atom. The highest BCUT2D eigenvalue weighted by molar-refractivity contribution is 5.96. The van der Waals surface area contributed by atoms with Crippen molar-refractivity contribution in [3.8, 4) is 0 Å². The maximum Gasteiger partial charge on any atom is 0.416 e. The normalized spacial score (nSPS) is 12.5. The van der Waals surface area contributed by atoms with Crippen LogP contribution in [0.1, 0.15) is 12.5 Å². The molecule has 1 amide bonds. The van der Waals surface area contributed by atoms with Gasteiger partial charge in [0.25, 0.3) is 0 Å². The van der Waals surface area contributed by atoms with E-state index in [0.717, 1.165) is 17.8 Å². The van der Waals surface area contributed by atoms with Gasteiger partial charge in [-0.2, -0.15) is 13.2 Å².